The van der Waals surface area contributed by atoms with Crippen molar-refractivity contribution in [3.05, 3.63) is 89.5 Å². The number of benzene rings is 3. The fraction of sp³-hybridized carbons (Fsp3) is 0.0800. The SMILES string of the molecule is COc1ccc(NC(=O)c2cc3cc(OC)ccc3oc2=Nc2ccc(C(=O)O)cc2)cc1. The standard InChI is InChI=1S/C25H20N2O6/c1-31-19-9-7-17(8-10-19)26-23(28)21-14-16-13-20(32-2)11-12-22(16)33-24(21)27-18-5-3-15(4-6-18)25(29)30/h3-14H,1-2H3,(H,26,28)(H,29,30). The summed E-state index contributed by atoms with van der Waals surface area (Å²) < 4.78 is 16.4. The lowest BCUT2D eigenvalue weighted by atomic mass is 10.1. The lowest BCUT2D eigenvalue weighted by Gasteiger charge is -2.08. The molecule has 0 fully saturated rings. The molecule has 4 aromatic rings. The highest BCUT2D eigenvalue weighted by atomic mass is 16.5. The van der Waals surface area contributed by atoms with E-state index in [4.69, 9.17) is 19.0 Å². The molecule has 0 aliphatic heterocycles. The van der Waals surface area contributed by atoms with Crippen molar-refractivity contribution in [1.82, 2.24) is 0 Å². The summed E-state index contributed by atoms with van der Waals surface area (Å²) in [6, 6.07) is 19.8. The van der Waals surface area contributed by atoms with Gasteiger partial charge in [-0.05, 0) is 72.8 Å². The average Bonchev–Trinajstić information content (AvgIpc) is 2.84. The predicted molar refractivity (Wildman–Crippen MR) is 122 cm³/mol. The van der Waals surface area contributed by atoms with Crippen LogP contribution < -0.4 is 20.3 Å². The van der Waals surface area contributed by atoms with Crippen LogP contribution in [0.5, 0.6) is 11.5 Å². The molecule has 0 unspecified atom stereocenters. The fourth-order valence-electron chi connectivity index (χ4n) is 3.15. The third-order valence-corrected chi connectivity index (χ3v) is 4.89. The van der Waals surface area contributed by atoms with E-state index in [-0.39, 0.29) is 16.7 Å². The number of methoxy groups -OCH3 is 2. The summed E-state index contributed by atoms with van der Waals surface area (Å²) in [6.07, 6.45) is 0. The summed E-state index contributed by atoms with van der Waals surface area (Å²) in [7, 11) is 3.12. The van der Waals surface area contributed by atoms with Gasteiger partial charge in [0.05, 0.1) is 25.5 Å². The molecule has 8 nitrogen and oxygen atoms in total. The first-order chi connectivity index (χ1) is 16.0. The summed E-state index contributed by atoms with van der Waals surface area (Å²) >= 11 is 0. The average molecular weight is 444 g/mol. The number of nitrogens with one attached hydrogen (secondary N) is 1. The normalized spacial score (nSPS) is 11.3. The summed E-state index contributed by atoms with van der Waals surface area (Å²) in [6.45, 7) is 0. The van der Waals surface area contributed by atoms with Gasteiger partial charge in [0.25, 0.3) is 5.91 Å². The number of carbonyl (C=O) groups is 2. The third kappa shape index (κ3) is 4.85. The lowest BCUT2D eigenvalue weighted by molar-refractivity contribution is 0.0696. The van der Waals surface area contributed by atoms with E-state index in [1.807, 2.05) is 0 Å². The summed E-state index contributed by atoms with van der Waals surface area (Å²) in [5.41, 5.74) is 1.95. The van der Waals surface area contributed by atoms with Crippen molar-refractivity contribution in [3.8, 4) is 11.5 Å². The van der Waals surface area contributed by atoms with Crippen LogP contribution in [0.2, 0.25) is 0 Å². The van der Waals surface area contributed by atoms with E-state index in [1.165, 1.54) is 12.1 Å². The number of amides is 1. The molecular formula is C25H20N2O6. The highest BCUT2D eigenvalue weighted by Crippen LogP contribution is 2.22. The molecule has 0 aliphatic rings. The van der Waals surface area contributed by atoms with Crippen LogP contribution in [0.25, 0.3) is 11.0 Å². The van der Waals surface area contributed by atoms with Gasteiger partial charge in [0, 0.05) is 11.1 Å². The molecule has 1 amide bonds. The lowest BCUT2D eigenvalue weighted by Crippen LogP contribution is -2.21. The molecule has 2 N–H and O–H groups in total. The second-order valence-electron chi connectivity index (χ2n) is 7.02. The maximum atomic E-state index is 13.1. The van der Waals surface area contributed by atoms with Crippen LogP contribution in [0, 0.1) is 0 Å². The number of rotatable bonds is 6. The van der Waals surface area contributed by atoms with Crippen LogP contribution in [-0.4, -0.2) is 31.2 Å². The molecule has 0 radical (unpaired) electrons. The number of hydrogen-bond donors (Lipinski definition) is 2. The van der Waals surface area contributed by atoms with Crippen molar-refractivity contribution in [2.75, 3.05) is 19.5 Å². The van der Waals surface area contributed by atoms with Crippen LogP contribution in [-0.2, 0) is 0 Å². The molecule has 0 saturated heterocycles. The van der Waals surface area contributed by atoms with Gasteiger partial charge < -0.3 is 24.3 Å². The quantitative estimate of drug-likeness (QED) is 0.449. The first-order valence-corrected chi connectivity index (χ1v) is 9.92. The van der Waals surface area contributed by atoms with Crippen molar-refractivity contribution < 1.29 is 28.6 Å². The Morgan fingerprint density at radius 2 is 1.55 bits per heavy atom. The monoisotopic (exact) mass is 444 g/mol. The van der Waals surface area contributed by atoms with Crippen molar-refractivity contribution in [2.24, 2.45) is 4.99 Å². The number of carboxylic acid groups (broad SMARTS) is 1. The largest absolute Gasteiger partial charge is 0.497 e. The molecule has 0 bridgehead atoms. The van der Waals surface area contributed by atoms with Crippen molar-refractivity contribution in [3.63, 3.8) is 0 Å². The molecule has 8 heteroatoms. The van der Waals surface area contributed by atoms with Crippen LogP contribution >= 0.6 is 0 Å². The Morgan fingerprint density at radius 3 is 2.18 bits per heavy atom. The first-order valence-electron chi connectivity index (χ1n) is 9.92. The Morgan fingerprint density at radius 1 is 0.879 bits per heavy atom. The molecule has 0 aliphatic carbocycles. The Balaban J connectivity index is 1.80. The van der Waals surface area contributed by atoms with E-state index in [1.54, 1.807) is 74.9 Å². The Kier molecular flexibility index (Phi) is 6.08. The maximum Gasteiger partial charge on any atom is 0.335 e. The topological polar surface area (TPSA) is 110 Å². The highest BCUT2D eigenvalue weighted by Gasteiger charge is 2.14. The van der Waals surface area contributed by atoms with Crippen LogP contribution in [0.4, 0.5) is 11.4 Å². The van der Waals surface area contributed by atoms with Gasteiger partial charge in [0.15, 0.2) is 0 Å². The van der Waals surface area contributed by atoms with E-state index < -0.39 is 11.9 Å². The number of hydrogen-bond acceptors (Lipinski definition) is 6. The summed E-state index contributed by atoms with van der Waals surface area (Å²) in [4.78, 5) is 28.7. The summed E-state index contributed by atoms with van der Waals surface area (Å²) in [5, 5.41) is 12.6. The Hall–Kier alpha value is -4.59. The second kappa shape index (κ2) is 9.27. The molecule has 0 atom stereocenters. The minimum atomic E-state index is -1.04. The zero-order valence-corrected chi connectivity index (χ0v) is 17.9. The second-order valence-corrected chi connectivity index (χ2v) is 7.02. The van der Waals surface area contributed by atoms with E-state index in [0.717, 1.165) is 0 Å². The molecule has 1 aromatic heterocycles. The van der Waals surface area contributed by atoms with Crippen molar-refractivity contribution in [1.29, 1.82) is 0 Å². The molecule has 3 aromatic carbocycles. The minimum Gasteiger partial charge on any atom is -0.497 e. The summed E-state index contributed by atoms with van der Waals surface area (Å²) in [5.74, 6) is -0.172. The van der Waals surface area contributed by atoms with E-state index in [2.05, 4.69) is 10.3 Å². The van der Waals surface area contributed by atoms with Crippen LogP contribution in [0.3, 0.4) is 0 Å². The van der Waals surface area contributed by atoms with E-state index in [9.17, 15) is 9.59 Å². The number of aromatic carboxylic acids is 1. The van der Waals surface area contributed by atoms with Gasteiger partial charge in [-0.1, -0.05) is 0 Å². The van der Waals surface area contributed by atoms with Gasteiger partial charge in [-0.3, -0.25) is 4.79 Å². The van der Waals surface area contributed by atoms with Gasteiger partial charge in [0.1, 0.15) is 22.6 Å². The van der Waals surface area contributed by atoms with Gasteiger partial charge in [-0.25, -0.2) is 9.79 Å². The predicted octanol–water partition coefficient (Wildman–Crippen LogP) is 4.63. The number of anilines is 1. The van der Waals surface area contributed by atoms with Crippen LogP contribution in [0.1, 0.15) is 20.7 Å². The molecule has 0 spiro atoms. The van der Waals surface area contributed by atoms with Gasteiger partial charge >= 0.3 is 5.97 Å². The maximum absolute atomic E-state index is 13.1. The first kappa shape index (κ1) is 21.6. The van der Waals surface area contributed by atoms with Crippen LogP contribution in [0.15, 0.2) is 82.2 Å². The van der Waals surface area contributed by atoms with E-state index in [0.29, 0.717) is 33.8 Å². The number of carbonyl (C=O) groups excluding carboxylic acids is 1. The van der Waals surface area contributed by atoms with Gasteiger partial charge in [-0.2, -0.15) is 0 Å². The highest BCUT2D eigenvalue weighted by molar-refractivity contribution is 6.05. The fourth-order valence-corrected chi connectivity index (χ4v) is 3.15. The number of nitrogens with zero attached hydrogens (tertiary/aromatic N) is 1. The molecule has 33 heavy (non-hydrogen) atoms. The smallest absolute Gasteiger partial charge is 0.335 e. The molecule has 0 saturated carbocycles. The van der Waals surface area contributed by atoms with Gasteiger partial charge in [-0.15, -0.1) is 0 Å². The molecule has 1 heterocycles. The van der Waals surface area contributed by atoms with Crippen molar-refractivity contribution in [2.45, 2.75) is 0 Å². The number of ether oxygens (including phenoxy) is 2. The minimum absolute atomic E-state index is 0.0850. The van der Waals surface area contributed by atoms with Gasteiger partial charge in [0.2, 0.25) is 5.55 Å². The Bertz CT molecular complexity index is 1390. The Labute approximate surface area is 188 Å². The van der Waals surface area contributed by atoms with E-state index >= 15 is 0 Å². The number of fused-ring (bicyclic) bond motifs is 1. The molecular weight excluding hydrogens is 424 g/mol. The molecule has 166 valence electrons. The zero-order valence-electron chi connectivity index (χ0n) is 17.9. The zero-order chi connectivity index (χ0) is 23.4. The molecule has 4 rings (SSSR count). The van der Waals surface area contributed by atoms with Crippen molar-refractivity contribution >= 4 is 34.2 Å². The number of carboxylic acids is 1. The third-order valence-electron chi connectivity index (χ3n) is 4.89.